The van der Waals surface area contributed by atoms with Crippen LogP contribution >= 0.6 is 34.5 Å². The summed E-state index contributed by atoms with van der Waals surface area (Å²) in [5.41, 5.74) is 0.804. The van der Waals surface area contributed by atoms with Gasteiger partial charge < -0.3 is 0 Å². The molecule has 0 radical (unpaired) electrons. The second-order valence-electron chi connectivity index (χ2n) is 3.48. The Balaban J connectivity index is 2.28. The zero-order valence-electron chi connectivity index (χ0n) is 8.52. The van der Waals surface area contributed by atoms with Crippen molar-refractivity contribution in [1.29, 1.82) is 0 Å². The molecule has 3 aromatic rings. The molecule has 0 aliphatic carbocycles. The van der Waals surface area contributed by atoms with Crippen LogP contribution in [-0.4, -0.2) is 9.97 Å². The molecule has 3 rings (SSSR count). The third-order valence-electron chi connectivity index (χ3n) is 2.35. The molecule has 2 nitrogen and oxygen atoms in total. The van der Waals surface area contributed by atoms with Crippen molar-refractivity contribution in [2.24, 2.45) is 0 Å². The van der Waals surface area contributed by atoms with Gasteiger partial charge in [0.2, 0.25) is 0 Å². The average Bonchev–Trinajstić information content (AvgIpc) is 2.83. The molecule has 0 saturated carbocycles. The van der Waals surface area contributed by atoms with Gasteiger partial charge in [0.25, 0.3) is 0 Å². The number of hydrogen-bond acceptors (Lipinski definition) is 3. The maximum absolute atomic E-state index is 6.15. The van der Waals surface area contributed by atoms with E-state index in [1.807, 2.05) is 23.6 Å². The summed E-state index contributed by atoms with van der Waals surface area (Å²) in [6, 6.07) is 9.35. The van der Waals surface area contributed by atoms with Crippen molar-refractivity contribution < 1.29 is 0 Å². The Bertz CT molecular complexity index is 680. The first-order valence-electron chi connectivity index (χ1n) is 4.91. The van der Waals surface area contributed by atoms with Crippen LogP contribution in [0, 0.1) is 0 Å². The van der Waals surface area contributed by atoms with Crippen LogP contribution in [0.3, 0.4) is 0 Å². The first-order valence-corrected chi connectivity index (χ1v) is 6.54. The molecule has 0 aliphatic rings. The summed E-state index contributed by atoms with van der Waals surface area (Å²) in [6.07, 6.45) is 0. The van der Waals surface area contributed by atoms with Gasteiger partial charge in [-0.15, -0.1) is 11.3 Å². The summed E-state index contributed by atoms with van der Waals surface area (Å²) >= 11 is 13.7. The predicted molar refractivity (Wildman–Crippen MR) is 72.9 cm³/mol. The lowest BCUT2D eigenvalue weighted by molar-refractivity contribution is 1.24. The van der Waals surface area contributed by atoms with E-state index in [1.165, 1.54) is 0 Å². The zero-order valence-corrected chi connectivity index (χ0v) is 10.9. The fourth-order valence-electron chi connectivity index (χ4n) is 1.58. The normalized spacial score (nSPS) is 10.9. The van der Waals surface area contributed by atoms with Crippen LogP contribution in [0.2, 0.25) is 10.2 Å². The van der Waals surface area contributed by atoms with Gasteiger partial charge in [0.1, 0.15) is 5.15 Å². The SMILES string of the molecule is Clc1ccc2nc(-c3cccs3)nc(Cl)c2c1. The minimum absolute atomic E-state index is 0.431. The van der Waals surface area contributed by atoms with Crippen molar-refractivity contribution in [3.63, 3.8) is 0 Å². The number of nitrogens with zero attached hydrogens (tertiary/aromatic N) is 2. The molecule has 0 amide bonds. The van der Waals surface area contributed by atoms with Crippen LogP contribution in [-0.2, 0) is 0 Å². The topological polar surface area (TPSA) is 25.8 Å². The van der Waals surface area contributed by atoms with Crippen LogP contribution in [0.15, 0.2) is 35.7 Å². The van der Waals surface area contributed by atoms with Gasteiger partial charge in [-0.2, -0.15) is 0 Å². The fraction of sp³-hybridized carbons (Fsp3) is 0. The van der Waals surface area contributed by atoms with Gasteiger partial charge in [0.15, 0.2) is 5.82 Å². The van der Waals surface area contributed by atoms with Crippen molar-refractivity contribution in [3.8, 4) is 10.7 Å². The van der Waals surface area contributed by atoms with Crippen molar-refractivity contribution in [3.05, 3.63) is 45.9 Å². The number of fused-ring (bicyclic) bond motifs is 1. The summed E-state index contributed by atoms with van der Waals surface area (Å²) in [5.74, 6) is 0.653. The summed E-state index contributed by atoms with van der Waals surface area (Å²) in [4.78, 5) is 9.77. The molecule has 2 aromatic heterocycles. The Morgan fingerprint density at radius 1 is 1.06 bits per heavy atom. The molecule has 2 heterocycles. The smallest absolute Gasteiger partial charge is 0.171 e. The Labute approximate surface area is 112 Å². The highest BCUT2D eigenvalue weighted by Gasteiger charge is 2.08. The first-order chi connectivity index (χ1) is 8.24. The second kappa shape index (κ2) is 4.26. The summed E-state index contributed by atoms with van der Waals surface area (Å²) in [7, 11) is 0. The lowest BCUT2D eigenvalue weighted by atomic mass is 10.2. The molecule has 1 aromatic carbocycles. The van der Waals surface area contributed by atoms with Gasteiger partial charge in [-0.1, -0.05) is 29.3 Å². The number of halogens is 2. The molecule has 0 N–H and O–H groups in total. The molecule has 0 saturated heterocycles. The van der Waals surface area contributed by atoms with Crippen molar-refractivity contribution >= 4 is 45.4 Å². The Morgan fingerprint density at radius 3 is 2.71 bits per heavy atom. The number of thiophene rings is 1. The van der Waals surface area contributed by atoms with Crippen LogP contribution in [0.25, 0.3) is 21.6 Å². The van der Waals surface area contributed by atoms with Crippen LogP contribution in [0.5, 0.6) is 0 Å². The van der Waals surface area contributed by atoms with Crippen LogP contribution in [0.1, 0.15) is 0 Å². The van der Waals surface area contributed by atoms with E-state index in [2.05, 4.69) is 9.97 Å². The molecule has 0 spiro atoms. The van der Waals surface area contributed by atoms with Crippen molar-refractivity contribution in [1.82, 2.24) is 9.97 Å². The van der Waals surface area contributed by atoms with E-state index in [9.17, 15) is 0 Å². The Morgan fingerprint density at radius 2 is 1.94 bits per heavy atom. The molecular weight excluding hydrogens is 275 g/mol. The number of aromatic nitrogens is 2. The fourth-order valence-corrected chi connectivity index (χ4v) is 2.64. The van der Waals surface area contributed by atoms with E-state index in [0.29, 0.717) is 16.0 Å². The van der Waals surface area contributed by atoms with Gasteiger partial charge in [-0.25, -0.2) is 9.97 Å². The second-order valence-corrected chi connectivity index (χ2v) is 5.22. The van der Waals surface area contributed by atoms with E-state index in [4.69, 9.17) is 23.2 Å². The molecule has 0 aliphatic heterocycles. The highest BCUT2D eigenvalue weighted by atomic mass is 35.5. The van der Waals surface area contributed by atoms with Gasteiger partial charge in [-0.3, -0.25) is 0 Å². The number of hydrogen-bond donors (Lipinski definition) is 0. The lowest BCUT2D eigenvalue weighted by Crippen LogP contribution is -1.90. The molecule has 84 valence electrons. The molecule has 0 fully saturated rings. The van der Waals surface area contributed by atoms with E-state index in [0.717, 1.165) is 15.8 Å². The van der Waals surface area contributed by atoms with Gasteiger partial charge in [-0.05, 0) is 29.6 Å². The summed E-state index contributed by atoms with van der Waals surface area (Å²) in [5, 5.41) is 3.82. The summed E-state index contributed by atoms with van der Waals surface area (Å²) < 4.78 is 0. The minimum atomic E-state index is 0.431. The number of rotatable bonds is 1. The monoisotopic (exact) mass is 280 g/mol. The number of benzene rings is 1. The molecular formula is C12H6Cl2N2S. The lowest BCUT2D eigenvalue weighted by Gasteiger charge is -2.03. The molecule has 0 unspecified atom stereocenters. The van der Waals surface area contributed by atoms with Gasteiger partial charge in [0, 0.05) is 10.4 Å². The Hall–Kier alpha value is -1.16. The quantitative estimate of drug-likeness (QED) is 0.606. The van der Waals surface area contributed by atoms with Crippen molar-refractivity contribution in [2.75, 3.05) is 0 Å². The van der Waals surface area contributed by atoms with E-state index < -0.39 is 0 Å². The van der Waals surface area contributed by atoms with Gasteiger partial charge >= 0.3 is 0 Å². The average molecular weight is 281 g/mol. The van der Waals surface area contributed by atoms with E-state index >= 15 is 0 Å². The van der Waals surface area contributed by atoms with Crippen LogP contribution < -0.4 is 0 Å². The largest absolute Gasteiger partial charge is 0.227 e. The van der Waals surface area contributed by atoms with Crippen LogP contribution in [0.4, 0.5) is 0 Å². The minimum Gasteiger partial charge on any atom is -0.227 e. The summed E-state index contributed by atoms with van der Waals surface area (Å²) in [6.45, 7) is 0. The molecule has 0 bridgehead atoms. The van der Waals surface area contributed by atoms with Gasteiger partial charge in [0.05, 0.1) is 10.4 Å². The third kappa shape index (κ3) is 2.02. The first kappa shape index (κ1) is 11.0. The van der Waals surface area contributed by atoms with E-state index in [-0.39, 0.29) is 0 Å². The molecule has 17 heavy (non-hydrogen) atoms. The zero-order chi connectivity index (χ0) is 11.8. The molecule has 0 atom stereocenters. The highest BCUT2D eigenvalue weighted by molar-refractivity contribution is 7.13. The van der Waals surface area contributed by atoms with Crippen molar-refractivity contribution in [2.45, 2.75) is 0 Å². The predicted octanol–water partition coefficient (Wildman–Crippen LogP) is 4.67. The highest BCUT2D eigenvalue weighted by Crippen LogP contribution is 2.28. The van der Waals surface area contributed by atoms with E-state index in [1.54, 1.807) is 23.5 Å². The third-order valence-corrected chi connectivity index (χ3v) is 3.74. The Kier molecular flexibility index (Phi) is 2.74. The molecule has 5 heteroatoms. The standard InChI is InChI=1S/C12H6Cl2N2S/c13-7-3-4-9-8(6-7)11(14)16-12(15-9)10-2-1-5-17-10/h1-6H. The maximum atomic E-state index is 6.15. The maximum Gasteiger partial charge on any atom is 0.171 e.